The fourth-order valence-corrected chi connectivity index (χ4v) is 2.06. The smallest absolute Gasteiger partial charge is 0.311 e. The summed E-state index contributed by atoms with van der Waals surface area (Å²) in [5.74, 6) is -2.94. The lowest BCUT2D eigenvalue weighted by Crippen LogP contribution is -2.66. The Morgan fingerprint density at radius 3 is 2.17 bits per heavy atom. The monoisotopic (exact) mass is 358 g/mol. The van der Waals surface area contributed by atoms with Crippen LogP contribution in [0, 0.1) is 0 Å². The summed E-state index contributed by atoms with van der Waals surface area (Å²) in [5.41, 5.74) is 0. The van der Waals surface area contributed by atoms with Crippen LogP contribution in [0.1, 0.15) is 0 Å². The number of rotatable bonds is 8. The van der Waals surface area contributed by atoms with Gasteiger partial charge in [0.2, 0.25) is 0 Å². The van der Waals surface area contributed by atoms with Gasteiger partial charge in [-0.05, 0) is 0 Å². The van der Waals surface area contributed by atoms with Gasteiger partial charge in [0.1, 0.15) is 42.7 Å². The molecule has 0 aromatic carbocycles. The Balaban J connectivity index is 2.71. The van der Waals surface area contributed by atoms with E-state index in [-0.39, 0.29) is 6.29 Å². The lowest BCUT2D eigenvalue weighted by Gasteiger charge is -2.44. The molecule has 0 aromatic heterocycles. The van der Waals surface area contributed by atoms with E-state index >= 15 is 0 Å². The number of aldehydes is 1. The summed E-state index contributed by atoms with van der Waals surface area (Å²) in [5, 5.41) is 85.4. The highest BCUT2D eigenvalue weighted by Gasteiger charge is 2.54. The first kappa shape index (κ1) is 21.3. The first-order chi connectivity index (χ1) is 11.1. The summed E-state index contributed by atoms with van der Waals surface area (Å²) >= 11 is 0. The van der Waals surface area contributed by atoms with E-state index in [1.165, 1.54) is 0 Å². The Morgan fingerprint density at radius 1 is 1.08 bits per heavy atom. The van der Waals surface area contributed by atoms with Crippen molar-refractivity contribution in [3.63, 3.8) is 0 Å². The van der Waals surface area contributed by atoms with Crippen molar-refractivity contribution < 1.29 is 60.2 Å². The molecule has 0 spiro atoms. The molecule has 1 rings (SSSR count). The molecule has 0 aromatic rings. The van der Waals surface area contributed by atoms with Crippen molar-refractivity contribution >= 4 is 6.29 Å². The maximum atomic E-state index is 10.3. The average molecular weight is 358 g/mol. The van der Waals surface area contributed by atoms with E-state index in [9.17, 15) is 40.5 Å². The van der Waals surface area contributed by atoms with Crippen LogP contribution >= 0.6 is 0 Å². The van der Waals surface area contributed by atoms with Crippen molar-refractivity contribution in [2.45, 2.75) is 54.8 Å². The second-order valence-corrected chi connectivity index (χ2v) is 5.38. The van der Waals surface area contributed by atoms with E-state index in [1.54, 1.807) is 0 Å². The number of carbonyl (C=O) groups is 1. The van der Waals surface area contributed by atoms with Gasteiger partial charge in [-0.15, -0.1) is 0 Å². The molecule has 9 atom stereocenters. The third-order valence-electron chi connectivity index (χ3n) is 3.62. The van der Waals surface area contributed by atoms with Crippen molar-refractivity contribution in [1.82, 2.24) is 0 Å². The molecule has 1 aliphatic rings. The van der Waals surface area contributed by atoms with Crippen LogP contribution in [0.25, 0.3) is 0 Å². The third kappa shape index (κ3) is 4.44. The Hall–Kier alpha value is -0.770. The minimum atomic E-state index is -2.94. The summed E-state index contributed by atoms with van der Waals surface area (Å²) in [6.45, 7) is -1.82. The minimum Gasteiger partial charge on any atom is -0.394 e. The highest BCUT2D eigenvalue weighted by Crippen LogP contribution is 2.29. The van der Waals surface area contributed by atoms with E-state index in [4.69, 9.17) is 19.7 Å². The summed E-state index contributed by atoms with van der Waals surface area (Å²) in [4.78, 5) is 10.3. The van der Waals surface area contributed by atoms with Crippen molar-refractivity contribution in [1.29, 1.82) is 0 Å². The number of ether oxygens (including phenoxy) is 2. The van der Waals surface area contributed by atoms with E-state index in [0.717, 1.165) is 0 Å². The quantitative estimate of drug-likeness (QED) is 0.146. The van der Waals surface area contributed by atoms with Gasteiger partial charge in [0, 0.05) is 0 Å². The molecule has 0 saturated carbocycles. The molecule has 1 saturated heterocycles. The number of hydrogen-bond acceptors (Lipinski definition) is 12. The topological polar surface area (TPSA) is 218 Å². The molecule has 1 aliphatic heterocycles. The van der Waals surface area contributed by atoms with Crippen LogP contribution in [-0.4, -0.2) is 120 Å². The zero-order valence-electron chi connectivity index (χ0n) is 12.4. The number of aliphatic hydroxyl groups is 9. The van der Waals surface area contributed by atoms with Gasteiger partial charge in [0.25, 0.3) is 0 Å². The average Bonchev–Trinajstić information content (AvgIpc) is 2.59. The predicted octanol–water partition coefficient (Wildman–Crippen LogP) is -6.23. The lowest BCUT2D eigenvalue weighted by molar-refractivity contribution is -0.451. The minimum absolute atomic E-state index is 0.0768. The highest BCUT2D eigenvalue weighted by molar-refractivity contribution is 5.56. The molecule has 0 bridgehead atoms. The molecule has 0 amide bonds. The maximum Gasteiger partial charge on any atom is 0.311 e. The fourth-order valence-electron chi connectivity index (χ4n) is 2.06. The molecule has 9 N–H and O–H groups in total. The Labute approximate surface area is 135 Å². The zero-order valence-corrected chi connectivity index (χ0v) is 12.4. The van der Waals surface area contributed by atoms with Gasteiger partial charge < -0.3 is 60.2 Å². The van der Waals surface area contributed by atoms with Crippen LogP contribution in [0.15, 0.2) is 0 Å². The van der Waals surface area contributed by atoms with Gasteiger partial charge in [0.15, 0.2) is 12.4 Å². The van der Waals surface area contributed by atoms with Crippen LogP contribution in [0.5, 0.6) is 0 Å². The van der Waals surface area contributed by atoms with Crippen molar-refractivity contribution in [2.24, 2.45) is 0 Å². The number of hydrogen-bond donors (Lipinski definition) is 9. The molecular weight excluding hydrogens is 336 g/mol. The van der Waals surface area contributed by atoms with E-state index in [0.29, 0.717) is 0 Å². The van der Waals surface area contributed by atoms with Gasteiger partial charge >= 0.3 is 5.97 Å². The highest BCUT2D eigenvalue weighted by atomic mass is 16.8. The lowest BCUT2D eigenvalue weighted by atomic mass is 9.98. The van der Waals surface area contributed by atoms with Crippen LogP contribution in [0.4, 0.5) is 0 Å². The van der Waals surface area contributed by atoms with E-state index in [1.807, 2.05) is 0 Å². The van der Waals surface area contributed by atoms with Crippen LogP contribution in [0.3, 0.4) is 0 Å². The van der Waals surface area contributed by atoms with E-state index in [2.05, 4.69) is 0 Å². The molecule has 0 radical (unpaired) electrons. The molecule has 12 heteroatoms. The number of carbonyl (C=O) groups excluding carboxylic acids is 1. The molecule has 0 aliphatic carbocycles. The molecule has 1 fully saturated rings. The molecule has 1 unspecified atom stereocenters. The van der Waals surface area contributed by atoms with Gasteiger partial charge in [-0.25, -0.2) is 0 Å². The molecule has 1 heterocycles. The fraction of sp³-hybridized carbons (Fsp3) is 0.917. The Bertz CT molecular complexity index is 405. The third-order valence-corrected chi connectivity index (χ3v) is 3.62. The Morgan fingerprint density at radius 2 is 1.67 bits per heavy atom. The first-order valence-electron chi connectivity index (χ1n) is 6.95. The zero-order chi connectivity index (χ0) is 18.7. The Kier molecular flexibility index (Phi) is 7.58. The van der Waals surface area contributed by atoms with Gasteiger partial charge in [-0.1, -0.05) is 0 Å². The summed E-state index contributed by atoms with van der Waals surface area (Å²) < 4.78 is 9.43. The SMILES string of the molecule is O=C[C@H](O)[C@@H](O)[C@H](O)[C@H](O)COC1(O)O[C@H](CO)[C@@H](O)[C@H](O)[C@H]1O. The molecule has 12 nitrogen and oxygen atoms in total. The molecule has 142 valence electrons. The van der Waals surface area contributed by atoms with Crippen LogP contribution in [-0.2, 0) is 14.3 Å². The standard InChI is InChI=1S/C12H22O12/c13-1-4(15)7(17)8(18)5(16)3-23-12(22)11(21)10(20)9(19)6(2-14)24-12/h1,4-11,14-22H,2-3H2/t4-,5+,6+,7+,8+,9+,10-,11+,12?/m0/s1. The second kappa shape index (κ2) is 8.55. The molecule has 24 heavy (non-hydrogen) atoms. The first-order valence-corrected chi connectivity index (χ1v) is 6.95. The summed E-state index contributed by atoms with van der Waals surface area (Å²) in [7, 11) is 0. The molecular formula is C12H22O12. The largest absolute Gasteiger partial charge is 0.394 e. The maximum absolute atomic E-state index is 10.3. The number of aliphatic hydroxyl groups excluding tert-OH is 8. The van der Waals surface area contributed by atoms with Gasteiger partial charge in [-0.3, -0.25) is 0 Å². The van der Waals surface area contributed by atoms with Gasteiger partial charge in [-0.2, -0.15) is 0 Å². The van der Waals surface area contributed by atoms with Crippen LogP contribution in [0.2, 0.25) is 0 Å². The van der Waals surface area contributed by atoms with Gasteiger partial charge in [0.05, 0.1) is 13.2 Å². The van der Waals surface area contributed by atoms with Crippen LogP contribution < -0.4 is 0 Å². The van der Waals surface area contributed by atoms with Crippen molar-refractivity contribution in [2.75, 3.05) is 13.2 Å². The van der Waals surface area contributed by atoms with E-state index < -0.39 is 68.0 Å². The predicted molar refractivity (Wildman–Crippen MR) is 71.0 cm³/mol. The normalized spacial score (nSPS) is 39.0. The van der Waals surface area contributed by atoms with Crippen molar-refractivity contribution in [3.8, 4) is 0 Å². The second-order valence-electron chi connectivity index (χ2n) is 5.38. The summed E-state index contributed by atoms with van der Waals surface area (Å²) in [6.07, 6.45) is -15.5. The van der Waals surface area contributed by atoms with Crippen molar-refractivity contribution in [3.05, 3.63) is 0 Å². The summed E-state index contributed by atoms with van der Waals surface area (Å²) in [6, 6.07) is 0.